The Morgan fingerprint density at radius 3 is 3.04 bits per heavy atom. The molecule has 23 heavy (non-hydrogen) atoms. The molecule has 0 unspecified atom stereocenters. The van der Waals surface area contributed by atoms with E-state index in [-0.39, 0.29) is 11.9 Å². The lowest BCUT2D eigenvalue weighted by Gasteiger charge is -2.34. The maximum atomic E-state index is 12.6. The SMILES string of the molecule is CN(CC(=O)N1CCC[C@H](n2cccn2)C1)c1ccc(Cl)cn1. The van der Waals surface area contributed by atoms with E-state index in [0.29, 0.717) is 18.1 Å². The predicted octanol–water partition coefficient (Wildman–Crippen LogP) is 2.23. The van der Waals surface area contributed by atoms with Gasteiger partial charge in [-0.05, 0) is 31.0 Å². The Hall–Kier alpha value is -2.08. The first-order valence-corrected chi connectivity index (χ1v) is 8.11. The van der Waals surface area contributed by atoms with Crippen molar-refractivity contribution in [1.29, 1.82) is 0 Å². The number of anilines is 1. The van der Waals surface area contributed by atoms with Gasteiger partial charge < -0.3 is 9.80 Å². The Kier molecular flexibility index (Phi) is 4.81. The van der Waals surface area contributed by atoms with Crippen molar-refractivity contribution in [2.45, 2.75) is 18.9 Å². The van der Waals surface area contributed by atoms with Gasteiger partial charge in [-0.15, -0.1) is 0 Å². The van der Waals surface area contributed by atoms with Crippen molar-refractivity contribution in [3.05, 3.63) is 41.8 Å². The van der Waals surface area contributed by atoms with Gasteiger partial charge >= 0.3 is 0 Å². The predicted molar refractivity (Wildman–Crippen MR) is 89.6 cm³/mol. The maximum Gasteiger partial charge on any atom is 0.242 e. The average Bonchev–Trinajstić information content (AvgIpc) is 3.10. The summed E-state index contributed by atoms with van der Waals surface area (Å²) in [5.74, 6) is 0.851. The highest BCUT2D eigenvalue weighted by Gasteiger charge is 2.25. The topological polar surface area (TPSA) is 54.3 Å². The lowest BCUT2D eigenvalue weighted by Crippen LogP contribution is -2.45. The minimum absolute atomic E-state index is 0.112. The average molecular weight is 334 g/mol. The molecule has 1 aliphatic rings. The van der Waals surface area contributed by atoms with Gasteiger partial charge in [-0.3, -0.25) is 9.48 Å². The first-order chi connectivity index (χ1) is 11.1. The Labute approximate surface area is 140 Å². The zero-order valence-electron chi connectivity index (χ0n) is 13.1. The molecule has 0 saturated carbocycles. The normalized spacial score (nSPS) is 18.0. The Balaban J connectivity index is 1.60. The van der Waals surface area contributed by atoms with Crippen LogP contribution in [0.3, 0.4) is 0 Å². The molecule has 122 valence electrons. The second-order valence-corrected chi connectivity index (χ2v) is 6.25. The number of carbonyl (C=O) groups is 1. The smallest absolute Gasteiger partial charge is 0.242 e. The van der Waals surface area contributed by atoms with Crippen molar-refractivity contribution < 1.29 is 4.79 Å². The number of pyridine rings is 1. The molecule has 3 heterocycles. The summed E-state index contributed by atoms with van der Waals surface area (Å²) in [5, 5.41) is 4.89. The van der Waals surface area contributed by atoms with Crippen LogP contribution in [0.2, 0.25) is 5.02 Å². The molecular weight excluding hydrogens is 314 g/mol. The number of hydrogen-bond acceptors (Lipinski definition) is 4. The number of aromatic nitrogens is 3. The first kappa shape index (κ1) is 15.8. The summed E-state index contributed by atoms with van der Waals surface area (Å²) in [4.78, 5) is 20.6. The molecule has 1 saturated heterocycles. The van der Waals surface area contributed by atoms with Crippen LogP contribution in [0.1, 0.15) is 18.9 Å². The van der Waals surface area contributed by atoms with E-state index in [2.05, 4.69) is 10.1 Å². The number of rotatable bonds is 4. The van der Waals surface area contributed by atoms with Crippen LogP contribution in [0, 0.1) is 0 Å². The molecule has 0 spiro atoms. The van der Waals surface area contributed by atoms with E-state index in [1.54, 1.807) is 18.5 Å². The molecule has 0 N–H and O–H groups in total. The van der Waals surface area contributed by atoms with E-state index < -0.39 is 0 Å². The summed E-state index contributed by atoms with van der Waals surface area (Å²) in [6.45, 7) is 1.82. The van der Waals surface area contributed by atoms with E-state index in [4.69, 9.17) is 11.6 Å². The van der Waals surface area contributed by atoms with Crippen molar-refractivity contribution in [2.75, 3.05) is 31.6 Å². The molecule has 0 bridgehead atoms. The van der Waals surface area contributed by atoms with Crippen molar-refractivity contribution in [3.63, 3.8) is 0 Å². The number of likely N-dealkylation sites (tertiary alicyclic amines) is 1. The van der Waals surface area contributed by atoms with Gasteiger partial charge in [0.15, 0.2) is 0 Å². The third kappa shape index (κ3) is 3.82. The molecule has 1 fully saturated rings. The Morgan fingerprint density at radius 2 is 2.35 bits per heavy atom. The van der Waals surface area contributed by atoms with Gasteiger partial charge in [0.25, 0.3) is 0 Å². The molecule has 2 aromatic rings. The fourth-order valence-corrected chi connectivity index (χ4v) is 2.98. The quantitative estimate of drug-likeness (QED) is 0.861. The van der Waals surface area contributed by atoms with E-state index in [9.17, 15) is 4.79 Å². The van der Waals surface area contributed by atoms with Gasteiger partial charge in [0.1, 0.15) is 5.82 Å². The second kappa shape index (κ2) is 7.00. The van der Waals surface area contributed by atoms with Gasteiger partial charge in [0, 0.05) is 38.7 Å². The molecule has 3 rings (SSSR count). The summed E-state index contributed by atoms with van der Waals surface area (Å²) in [5.41, 5.74) is 0. The molecular formula is C16H20ClN5O. The number of piperidine rings is 1. The zero-order chi connectivity index (χ0) is 16.2. The van der Waals surface area contributed by atoms with Crippen LogP contribution in [0.15, 0.2) is 36.8 Å². The Morgan fingerprint density at radius 1 is 1.48 bits per heavy atom. The number of likely N-dealkylation sites (N-methyl/N-ethyl adjacent to an activating group) is 1. The zero-order valence-corrected chi connectivity index (χ0v) is 13.9. The standard InChI is InChI=1S/C16H20ClN5O/c1-20(15-6-5-13(17)10-18-15)12-16(23)21-8-2-4-14(11-21)22-9-3-7-19-22/h3,5-7,9-10,14H,2,4,8,11-12H2,1H3/t14-/m0/s1. The monoisotopic (exact) mass is 333 g/mol. The summed E-state index contributed by atoms with van der Waals surface area (Å²) >= 11 is 5.84. The van der Waals surface area contributed by atoms with Crippen LogP contribution < -0.4 is 4.90 Å². The van der Waals surface area contributed by atoms with Gasteiger partial charge in [0.05, 0.1) is 17.6 Å². The van der Waals surface area contributed by atoms with Crippen LogP contribution >= 0.6 is 11.6 Å². The molecule has 6 nitrogen and oxygen atoms in total. The summed E-state index contributed by atoms with van der Waals surface area (Å²) < 4.78 is 1.95. The van der Waals surface area contributed by atoms with Gasteiger partial charge in [0.2, 0.25) is 5.91 Å². The van der Waals surface area contributed by atoms with Crippen LogP contribution in [0.4, 0.5) is 5.82 Å². The number of carbonyl (C=O) groups excluding carboxylic acids is 1. The number of amides is 1. The lowest BCUT2D eigenvalue weighted by molar-refractivity contribution is -0.131. The van der Waals surface area contributed by atoms with E-state index in [1.165, 1.54) is 0 Å². The van der Waals surface area contributed by atoms with Gasteiger partial charge in [-0.1, -0.05) is 11.6 Å². The number of hydrogen-bond donors (Lipinski definition) is 0. The van der Waals surface area contributed by atoms with Crippen molar-refractivity contribution >= 4 is 23.3 Å². The molecule has 0 aromatic carbocycles. The third-order valence-electron chi connectivity index (χ3n) is 4.12. The molecule has 1 aliphatic heterocycles. The van der Waals surface area contributed by atoms with Crippen molar-refractivity contribution in [2.24, 2.45) is 0 Å². The molecule has 0 aliphatic carbocycles. The summed E-state index contributed by atoms with van der Waals surface area (Å²) in [7, 11) is 1.86. The third-order valence-corrected chi connectivity index (χ3v) is 4.35. The van der Waals surface area contributed by atoms with Crippen LogP contribution in [-0.4, -0.2) is 52.3 Å². The first-order valence-electron chi connectivity index (χ1n) is 7.73. The highest BCUT2D eigenvalue weighted by molar-refractivity contribution is 6.30. The van der Waals surface area contributed by atoms with Crippen molar-refractivity contribution in [1.82, 2.24) is 19.7 Å². The Bertz CT molecular complexity index is 643. The molecule has 0 radical (unpaired) electrons. The largest absolute Gasteiger partial charge is 0.350 e. The van der Waals surface area contributed by atoms with E-state index in [0.717, 1.165) is 25.2 Å². The van der Waals surface area contributed by atoms with Crippen molar-refractivity contribution in [3.8, 4) is 0 Å². The molecule has 1 atom stereocenters. The van der Waals surface area contributed by atoms with Crippen LogP contribution in [0.25, 0.3) is 0 Å². The van der Waals surface area contributed by atoms with Crippen LogP contribution in [-0.2, 0) is 4.79 Å². The molecule has 1 amide bonds. The fraction of sp³-hybridized carbons (Fsp3) is 0.438. The van der Waals surface area contributed by atoms with E-state index >= 15 is 0 Å². The molecule has 7 heteroatoms. The minimum atomic E-state index is 0.112. The highest BCUT2D eigenvalue weighted by Crippen LogP contribution is 2.21. The van der Waals surface area contributed by atoms with E-state index in [1.807, 2.05) is 39.9 Å². The maximum absolute atomic E-state index is 12.6. The number of nitrogens with zero attached hydrogens (tertiary/aromatic N) is 5. The van der Waals surface area contributed by atoms with Crippen LogP contribution in [0.5, 0.6) is 0 Å². The summed E-state index contributed by atoms with van der Waals surface area (Å²) in [6.07, 6.45) is 7.38. The van der Waals surface area contributed by atoms with Gasteiger partial charge in [-0.25, -0.2) is 4.98 Å². The fourth-order valence-electron chi connectivity index (χ4n) is 2.87. The molecule has 2 aromatic heterocycles. The minimum Gasteiger partial charge on any atom is -0.350 e. The van der Waals surface area contributed by atoms with Gasteiger partial charge in [-0.2, -0.15) is 5.10 Å². The lowest BCUT2D eigenvalue weighted by atomic mass is 10.1. The summed E-state index contributed by atoms with van der Waals surface area (Å²) in [6, 6.07) is 5.78. The number of halogens is 1. The second-order valence-electron chi connectivity index (χ2n) is 5.81. The highest BCUT2D eigenvalue weighted by atomic mass is 35.5.